The summed E-state index contributed by atoms with van der Waals surface area (Å²) in [5.41, 5.74) is 4.85. The van der Waals surface area contributed by atoms with Gasteiger partial charge in [0.25, 0.3) is 0 Å². The summed E-state index contributed by atoms with van der Waals surface area (Å²) in [5.74, 6) is 0.0613. The lowest BCUT2D eigenvalue weighted by Crippen LogP contribution is -2.39. The molecule has 4 N–H and O–H groups in total. The van der Waals surface area contributed by atoms with Gasteiger partial charge in [-0.3, -0.25) is 4.57 Å². The molecule has 10 nitrogen and oxygen atoms in total. The highest BCUT2D eigenvalue weighted by Crippen LogP contribution is 2.37. The molecule has 11 heteroatoms. The Labute approximate surface area is 151 Å². The smallest absolute Gasteiger partial charge is 0.394 e. The van der Waals surface area contributed by atoms with Crippen LogP contribution in [-0.4, -0.2) is 51.1 Å². The second-order valence-electron chi connectivity index (χ2n) is 5.99. The molecule has 146 valence electrons. The molecular formula is C15H25N3O7P+. The van der Waals surface area contributed by atoms with Crippen LogP contribution in [0.3, 0.4) is 0 Å². The van der Waals surface area contributed by atoms with E-state index in [2.05, 4.69) is 11.9 Å². The topological polar surface area (TPSA) is 146 Å². The maximum absolute atomic E-state index is 12.1. The largest absolute Gasteiger partial charge is 0.695 e. The summed E-state index contributed by atoms with van der Waals surface area (Å²) in [6.07, 6.45) is 1.56. The van der Waals surface area contributed by atoms with Crippen molar-refractivity contribution in [1.29, 1.82) is 0 Å². The molecule has 0 aromatic carbocycles. The van der Waals surface area contributed by atoms with Gasteiger partial charge in [0.15, 0.2) is 12.3 Å². The molecule has 2 heterocycles. The third-order valence-corrected chi connectivity index (χ3v) is 4.53. The second-order valence-corrected chi connectivity index (χ2v) is 6.68. The molecule has 2 unspecified atom stereocenters. The van der Waals surface area contributed by atoms with Crippen LogP contribution in [0.4, 0.5) is 5.82 Å². The molecule has 1 aromatic rings. The third-order valence-electron chi connectivity index (χ3n) is 4.11. The molecule has 0 spiro atoms. The first kappa shape index (κ1) is 20.9. The Morgan fingerprint density at radius 2 is 2.15 bits per heavy atom. The fraction of sp³-hybridized carbons (Fsp3) is 0.733. The van der Waals surface area contributed by atoms with Crippen molar-refractivity contribution >= 4 is 14.1 Å². The highest BCUT2D eigenvalue weighted by Gasteiger charge is 2.51. The van der Waals surface area contributed by atoms with Gasteiger partial charge in [-0.2, -0.15) is 4.98 Å². The minimum Gasteiger partial charge on any atom is -0.394 e. The molecule has 26 heavy (non-hydrogen) atoms. The number of anilines is 1. The van der Waals surface area contributed by atoms with E-state index in [1.54, 1.807) is 0 Å². The molecule has 0 aliphatic carbocycles. The van der Waals surface area contributed by atoms with Crippen LogP contribution < -0.4 is 11.4 Å². The average Bonchev–Trinajstić information content (AvgIpc) is 2.91. The number of hydrogen-bond acceptors (Lipinski definition) is 8. The SMILES string of the molecule is CCCCCCO[C@H]1C(O[P+](=O)O)[C@@H](CO)O[C@H]1n1ccc(N)nc1=O. The van der Waals surface area contributed by atoms with Crippen LogP contribution in [0.5, 0.6) is 0 Å². The van der Waals surface area contributed by atoms with Crippen molar-refractivity contribution in [1.82, 2.24) is 9.55 Å². The van der Waals surface area contributed by atoms with Gasteiger partial charge in [0.2, 0.25) is 0 Å². The summed E-state index contributed by atoms with van der Waals surface area (Å²) in [6.45, 7) is 1.99. The van der Waals surface area contributed by atoms with Crippen molar-refractivity contribution in [2.75, 3.05) is 18.9 Å². The summed E-state index contributed by atoms with van der Waals surface area (Å²) >= 11 is 0. The number of rotatable bonds is 10. The predicted molar refractivity (Wildman–Crippen MR) is 92.5 cm³/mol. The van der Waals surface area contributed by atoms with Gasteiger partial charge >= 0.3 is 13.9 Å². The minimum atomic E-state index is -2.94. The summed E-state index contributed by atoms with van der Waals surface area (Å²) < 4.78 is 28.8. The molecule has 1 aliphatic rings. The quantitative estimate of drug-likeness (QED) is 0.388. The van der Waals surface area contributed by atoms with E-state index in [0.29, 0.717) is 6.61 Å². The maximum atomic E-state index is 12.1. The Balaban J connectivity index is 2.21. The lowest BCUT2D eigenvalue weighted by atomic mass is 10.1. The van der Waals surface area contributed by atoms with Gasteiger partial charge in [0.05, 0.1) is 6.61 Å². The molecule has 0 radical (unpaired) electrons. The molecule has 0 saturated carbocycles. The number of nitrogens with zero attached hydrogens (tertiary/aromatic N) is 2. The van der Waals surface area contributed by atoms with Gasteiger partial charge in [-0.05, 0) is 12.5 Å². The normalized spacial score (nSPS) is 26.2. The van der Waals surface area contributed by atoms with Gasteiger partial charge in [0, 0.05) is 17.4 Å². The lowest BCUT2D eigenvalue weighted by molar-refractivity contribution is -0.0743. The van der Waals surface area contributed by atoms with Crippen molar-refractivity contribution in [3.63, 3.8) is 0 Å². The van der Waals surface area contributed by atoms with E-state index in [4.69, 9.17) is 24.6 Å². The molecule has 1 aliphatic heterocycles. The minimum absolute atomic E-state index is 0.0613. The highest BCUT2D eigenvalue weighted by molar-refractivity contribution is 7.32. The van der Waals surface area contributed by atoms with Crippen molar-refractivity contribution < 1.29 is 28.6 Å². The molecule has 1 saturated heterocycles. The monoisotopic (exact) mass is 390 g/mol. The fourth-order valence-electron chi connectivity index (χ4n) is 2.86. The van der Waals surface area contributed by atoms with Crippen LogP contribution in [-0.2, 0) is 18.6 Å². The zero-order chi connectivity index (χ0) is 19.1. The first-order chi connectivity index (χ1) is 12.5. The van der Waals surface area contributed by atoms with Gasteiger partial charge in [0.1, 0.15) is 18.0 Å². The van der Waals surface area contributed by atoms with Crippen LogP contribution in [0.15, 0.2) is 17.1 Å². The first-order valence-electron chi connectivity index (χ1n) is 8.53. The van der Waals surface area contributed by atoms with E-state index in [-0.39, 0.29) is 5.82 Å². The predicted octanol–water partition coefficient (Wildman–Crippen LogP) is 0.716. The van der Waals surface area contributed by atoms with E-state index >= 15 is 0 Å². The van der Waals surface area contributed by atoms with Crippen LogP contribution in [0.1, 0.15) is 38.8 Å². The van der Waals surface area contributed by atoms with Gasteiger partial charge in [-0.25, -0.2) is 4.79 Å². The summed E-state index contributed by atoms with van der Waals surface area (Å²) in [5, 5.41) is 9.53. The summed E-state index contributed by atoms with van der Waals surface area (Å²) in [6, 6.07) is 1.43. The molecule has 0 bridgehead atoms. The fourth-order valence-corrected chi connectivity index (χ4v) is 3.32. The number of nitrogens with two attached hydrogens (primary N) is 1. The zero-order valence-electron chi connectivity index (χ0n) is 14.6. The van der Waals surface area contributed by atoms with Crippen LogP contribution in [0, 0.1) is 0 Å². The highest BCUT2D eigenvalue weighted by atomic mass is 31.1. The van der Waals surface area contributed by atoms with Gasteiger partial charge < -0.3 is 20.3 Å². The van der Waals surface area contributed by atoms with Crippen LogP contribution in [0.2, 0.25) is 0 Å². The average molecular weight is 390 g/mol. The first-order valence-corrected chi connectivity index (χ1v) is 9.66. The van der Waals surface area contributed by atoms with Gasteiger partial charge in [-0.15, -0.1) is 9.42 Å². The molecule has 1 fully saturated rings. The van der Waals surface area contributed by atoms with Crippen LogP contribution in [0.25, 0.3) is 0 Å². The summed E-state index contributed by atoms with van der Waals surface area (Å²) in [7, 11) is -2.94. The van der Waals surface area contributed by atoms with Crippen molar-refractivity contribution in [2.45, 2.75) is 57.1 Å². The summed E-state index contributed by atoms with van der Waals surface area (Å²) in [4.78, 5) is 24.9. The number of aromatic nitrogens is 2. The number of aliphatic hydroxyl groups is 1. The number of nitrogen functional groups attached to an aromatic ring is 1. The van der Waals surface area contributed by atoms with Crippen molar-refractivity contribution in [2.24, 2.45) is 0 Å². The number of unbranched alkanes of at least 4 members (excludes halogenated alkanes) is 3. The lowest BCUT2D eigenvalue weighted by Gasteiger charge is -2.22. The zero-order valence-corrected chi connectivity index (χ0v) is 15.5. The third kappa shape index (κ3) is 5.29. The van der Waals surface area contributed by atoms with Crippen LogP contribution >= 0.6 is 8.25 Å². The van der Waals surface area contributed by atoms with E-state index in [1.807, 2.05) is 0 Å². The van der Waals surface area contributed by atoms with Gasteiger partial charge in [-0.1, -0.05) is 26.2 Å². The molecule has 2 rings (SSSR count). The molecular weight excluding hydrogens is 365 g/mol. The number of ether oxygens (including phenoxy) is 2. The van der Waals surface area contributed by atoms with Crippen molar-refractivity contribution in [3.8, 4) is 0 Å². The molecule has 5 atom stereocenters. The Kier molecular flexibility index (Phi) is 8.08. The number of hydrogen-bond donors (Lipinski definition) is 3. The van der Waals surface area contributed by atoms with E-state index in [1.165, 1.54) is 16.8 Å². The van der Waals surface area contributed by atoms with Crippen molar-refractivity contribution in [3.05, 3.63) is 22.7 Å². The standard InChI is InChI=1S/C15H24N3O7P/c1-2-3-4-5-8-23-13-12(25-26(21)22)10(9-19)24-14(13)18-7-6-11(16)17-15(18)20/h6-7,10,12-14,19H,2-5,8-9H2,1H3,(H2-,16,17,20,21,22)/p+1/t10-,12?,13+,14-/m1/s1. The maximum Gasteiger partial charge on any atom is 0.695 e. The van der Waals surface area contributed by atoms with E-state index < -0.39 is 45.1 Å². The molecule has 1 aromatic heterocycles. The van der Waals surface area contributed by atoms with E-state index in [0.717, 1.165) is 25.7 Å². The Hall–Kier alpha value is -1.42. The Morgan fingerprint density at radius 3 is 2.77 bits per heavy atom. The molecule has 0 amide bonds. The second kappa shape index (κ2) is 10.1. The number of aliphatic hydroxyl groups excluding tert-OH is 1. The Bertz CT molecular complexity index is 656. The Morgan fingerprint density at radius 1 is 1.38 bits per heavy atom. The van der Waals surface area contributed by atoms with E-state index in [9.17, 15) is 14.5 Å².